The van der Waals surface area contributed by atoms with Crippen LogP contribution in [0.1, 0.15) is 5.56 Å². The molecule has 0 atom stereocenters. The molecule has 0 unspecified atom stereocenters. The van der Waals surface area contributed by atoms with Gasteiger partial charge in [0, 0.05) is 17.8 Å². The predicted molar refractivity (Wildman–Crippen MR) is 65.0 cm³/mol. The molecule has 16 heavy (non-hydrogen) atoms. The molecule has 0 saturated carbocycles. The van der Waals surface area contributed by atoms with E-state index in [0.717, 1.165) is 11.3 Å². The summed E-state index contributed by atoms with van der Waals surface area (Å²) >= 11 is 0. The number of anilines is 1. The molecule has 3 heteroatoms. The Morgan fingerprint density at radius 2 is 1.56 bits per heavy atom. The van der Waals surface area contributed by atoms with Gasteiger partial charge in [0.05, 0.1) is 0 Å². The Hall–Kier alpha value is -2.00. The van der Waals surface area contributed by atoms with Crippen LogP contribution in [0.25, 0.3) is 0 Å². The first kappa shape index (κ1) is 10.5. The maximum absolute atomic E-state index is 9.54. The minimum atomic E-state index is 0.310. The Morgan fingerprint density at radius 1 is 0.875 bits per heavy atom. The molecule has 0 fully saturated rings. The fourth-order valence-electron chi connectivity index (χ4n) is 1.42. The number of hydrazine groups is 1. The van der Waals surface area contributed by atoms with Crippen molar-refractivity contribution in [2.24, 2.45) is 0 Å². The lowest BCUT2D eigenvalue weighted by Crippen LogP contribution is -2.20. The molecule has 3 N–H and O–H groups in total. The van der Waals surface area contributed by atoms with Gasteiger partial charge in [-0.3, -0.25) is 0 Å². The van der Waals surface area contributed by atoms with Crippen LogP contribution in [0.3, 0.4) is 0 Å². The Morgan fingerprint density at radius 3 is 2.31 bits per heavy atom. The third-order valence-electron chi connectivity index (χ3n) is 2.28. The van der Waals surface area contributed by atoms with Crippen molar-refractivity contribution in [1.82, 2.24) is 5.43 Å². The number of benzene rings is 2. The van der Waals surface area contributed by atoms with E-state index >= 15 is 0 Å². The zero-order valence-corrected chi connectivity index (χ0v) is 8.85. The highest BCUT2D eigenvalue weighted by atomic mass is 16.3. The minimum Gasteiger partial charge on any atom is -0.508 e. The lowest BCUT2D eigenvalue weighted by Gasteiger charge is -2.09. The van der Waals surface area contributed by atoms with Crippen LogP contribution in [0.4, 0.5) is 5.69 Å². The first-order valence-electron chi connectivity index (χ1n) is 5.17. The topological polar surface area (TPSA) is 44.3 Å². The summed E-state index contributed by atoms with van der Waals surface area (Å²) in [5.74, 6) is 0.310. The highest BCUT2D eigenvalue weighted by Gasteiger charge is 1.97. The van der Waals surface area contributed by atoms with Crippen LogP contribution < -0.4 is 10.9 Å². The zero-order chi connectivity index (χ0) is 11.2. The average molecular weight is 214 g/mol. The largest absolute Gasteiger partial charge is 0.508 e. The molecule has 0 saturated heterocycles. The van der Waals surface area contributed by atoms with Crippen molar-refractivity contribution in [2.45, 2.75) is 6.54 Å². The van der Waals surface area contributed by atoms with Gasteiger partial charge in [-0.15, -0.1) is 0 Å². The quantitative estimate of drug-likeness (QED) is 0.685. The molecule has 82 valence electrons. The summed E-state index contributed by atoms with van der Waals surface area (Å²) in [6.45, 7) is 0.571. The first-order valence-corrected chi connectivity index (χ1v) is 5.17. The van der Waals surface area contributed by atoms with Crippen LogP contribution in [0.5, 0.6) is 5.75 Å². The lowest BCUT2D eigenvalue weighted by atomic mass is 10.2. The number of aromatic hydroxyl groups is 1. The molecule has 0 aliphatic rings. The molecule has 2 aromatic carbocycles. The van der Waals surface area contributed by atoms with Crippen molar-refractivity contribution in [3.8, 4) is 5.75 Å². The second kappa shape index (κ2) is 5.19. The lowest BCUT2D eigenvalue weighted by molar-refractivity contribution is 0.466. The van der Waals surface area contributed by atoms with E-state index in [2.05, 4.69) is 10.9 Å². The minimum absolute atomic E-state index is 0.310. The number of rotatable bonds is 4. The number of nitrogens with one attached hydrogen (secondary N) is 2. The van der Waals surface area contributed by atoms with Gasteiger partial charge in [0.1, 0.15) is 5.75 Å². The summed E-state index contributed by atoms with van der Waals surface area (Å²) in [6.07, 6.45) is 0. The van der Waals surface area contributed by atoms with Gasteiger partial charge < -0.3 is 10.5 Å². The summed E-state index contributed by atoms with van der Waals surface area (Å²) in [7, 11) is 0. The van der Waals surface area contributed by atoms with Gasteiger partial charge in [0.2, 0.25) is 0 Å². The van der Waals surface area contributed by atoms with Crippen molar-refractivity contribution in [3.05, 3.63) is 60.2 Å². The van der Waals surface area contributed by atoms with Gasteiger partial charge in [0.25, 0.3) is 0 Å². The van der Waals surface area contributed by atoms with Gasteiger partial charge in [-0.05, 0) is 18.2 Å². The average Bonchev–Trinajstić information content (AvgIpc) is 2.33. The molecule has 0 aromatic heterocycles. The van der Waals surface area contributed by atoms with E-state index < -0.39 is 0 Å². The second-order valence-electron chi connectivity index (χ2n) is 3.47. The summed E-state index contributed by atoms with van der Waals surface area (Å²) in [4.78, 5) is 0. The van der Waals surface area contributed by atoms with Crippen molar-refractivity contribution < 1.29 is 5.11 Å². The van der Waals surface area contributed by atoms with Crippen LogP contribution >= 0.6 is 0 Å². The maximum Gasteiger partial charge on any atom is 0.120 e. The molecule has 0 heterocycles. The Balaban J connectivity index is 1.87. The fraction of sp³-hybridized carbons (Fsp3) is 0.0769. The molecule has 0 amide bonds. The number of phenolic OH excluding ortho intramolecular Hbond substituents is 1. The maximum atomic E-state index is 9.54. The van der Waals surface area contributed by atoms with E-state index in [1.54, 1.807) is 6.07 Å². The molecule has 0 aliphatic heterocycles. The van der Waals surface area contributed by atoms with Gasteiger partial charge in [-0.25, -0.2) is 5.43 Å². The summed E-state index contributed by atoms with van der Waals surface area (Å²) in [6, 6.07) is 17.1. The smallest absolute Gasteiger partial charge is 0.120 e. The van der Waals surface area contributed by atoms with E-state index in [9.17, 15) is 5.11 Å². The van der Waals surface area contributed by atoms with Crippen molar-refractivity contribution in [2.75, 3.05) is 5.43 Å². The monoisotopic (exact) mass is 214 g/mol. The molecule has 2 rings (SSSR count). The molecule has 2 aromatic rings. The van der Waals surface area contributed by atoms with E-state index in [0.29, 0.717) is 12.3 Å². The molecular formula is C13H14N2O. The van der Waals surface area contributed by atoms with Crippen LogP contribution in [0, 0.1) is 0 Å². The molecule has 0 spiro atoms. The summed E-state index contributed by atoms with van der Waals surface area (Å²) < 4.78 is 0. The van der Waals surface area contributed by atoms with Gasteiger partial charge in [0.15, 0.2) is 0 Å². The third-order valence-corrected chi connectivity index (χ3v) is 2.28. The van der Waals surface area contributed by atoms with Gasteiger partial charge in [-0.1, -0.05) is 36.4 Å². The van der Waals surface area contributed by atoms with Gasteiger partial charge in [-0.2, -0.15) is 0 Å². The molecular weight excluding hydrogens is 200 g/mol. The SMILES string of the molecule is Oc1ccccc1CNNc1ccccc1. The highest BCUT2D eigenvalue weighted by molar-refractivity contribution is 5.41. The van der Waals surface area contributed by atoms with Crippen LogP contribution in [0.15, 0.2) is 54.6 Å². The number of para-hydroxylation sites is 2. The summed E-state index contributed by atoms with van der Waals surface area (Å²) in [5, 5.41) is 9.54. The molecule has 0 aliphatic carbocycles. The van der Waals surface area contributed by atoms with Crippen molar-refractivity contribution in [3.63, 3.8) is 0 Å². The van der Waals surface area contributed by atoms with Crippen molar-refractivity contribution in [1.29, 1.82) is 0 Å². The van der Waals surface area contributed by atoms with Crippen LogP contribution in [-0.4, -0.2) is 5.11 Å². The van der Waals surface area contributed by atoms with E-state index in [1.807, 2.05) is 48.5 Å². The van der Waals surface area contributed by atoms with E-state index in [-0.39, 0.29) is 0 Å². The van der Waals surface area contributed by atoms with Gasteiger partial charge >= 0.3 is 0 Å². The summed E-state index contributed by atoms with van der Waals surface area (Å²) in [5.41, 5.74) is 7.97. The Labute approximate surface area is 94.7 Å². The van der Waals surface area contributed by atoms with Crippen molar-refractivity contribution >= 4 is 5.69 Å². The zero-order valence-electron chi connectivity index (χ0n) is 8.85. The molecule has 3 nitrogen and oxygen atoms in total. The highest BCUT2D eigenvalue weighted by Crippen LogP contribution is 2.14. The van der Waals surface area contributed by atoms with Crippen LogP contribution in [-0.2, 0) is 6.54 Å². The normalized spacial score (nSPS) is 10.0. The molecule has 0 bridgehead atoms. The first-order chi connectivity index (χ1) is 7.86. The number of hydrogen-bond acceptors (Lipinski definition) is 3. The predicted octanol–water partition coefficient (Wildman–Crippen LogP) is 2.51. The standard InChI is InChI=1S/C13H14N2O/c16-13-9-5-4-6-11(13)10-14-15-12-7-2-1-3-8-12/h1-9,14-16H,10H2. The Kier molecular flexibility index (Phi) is 3.41. The second-order valence-corrected chi connectivity index (χ2v) is 3.47. The van der Waals surface area contributed by atoms with E-state index in [4.69, 9.17) is 0 Å². The fourth-order valence-corrected chi connectivity index (χ4v) is 1.42. The molecule has 0 radical (unpaired) electrons. The third kappa shape index (κ3) is 2.74. The van der Waals surface area contributed by atoms with Crippen LogP contribution in [0.2, 0.25) is 0 Å². The van der Waals surface area contributed by atoms with E-state index in [1.165, 1.54) is 0 Å². The number of hydrogen-bond donors (Lipinski definition) is 3. The number of phenols is 1. The Bertz CT molecular complexity index is 443.